The lowest BCUT2D eigenvalue weighted by atomic mass is 10.0. The molecule has 3 atom stereocenters. The number of hydrogen-bond acceptors (Lipinski definition) is 3. The molecule has 1 aliphatic heterocycles. The molecule has 100 valence electrons. The molecule has 0 bridgehead atoms. The molecule has 1 heterocycles. The van der Waals surface area contributed by atoms with Gasteiger partial charge in [-0.25, -0.2) is 0 Å². The Hall–Kier alpha value is 0.360. The third kappa shape index (κ3) is 3.92. The molecule has 1 aromatic carbocycles. The van der Waals surface area contributed by atoms with Gasteiger partial charge in [-0.1, -0.05) is 35.0 Å². The Morgan fingerprint density at radius 3 is 2.56 bits per heavy atom. The molecule has 1 fully saturated rings. The molecule has 2 rings (SSSR count). The Kier molecular flexibility index (Phi) is 5.93. The number of likely N-dealkylation sites (N-methyl/N-ethyl adjacent to an activating group) is 1. The minimum Gasteiger partial charge on any atom is -0.316 e. The molecule has 1 saturated heterocycles. The summed E-state index contributed by atoms with van der Waals surface area (Å²) in [5.41, 5.74) is 1.42. The summed E-state index contributed by atoms with van der Waals surface area (Å²) in [6, 6.07) is 9.28. The summed E-state index contributed by atoms with van der Waals surface area (Å²) in [7, 11) is 2.09. The van der Waals surface area contributed by atoms with Crippen LogP contribution >= 0.6 is 39.5 Å². The van der Waals surface area contributed by atoms with Crippen LogP contribution in [0.15, 0.2) is 28.7 Å². The minimum atomic E-state index is 0.568. The first-order valence-corrected chi connectivity index (χ1v) is 9.24. The molecule has 18 heavy (non-hydrogen) atoms. The van der Waals surface area contributed by atoms with E-state index in [0.717, 1.165) is 21.4 Å². The SMILES string of the molecule is CNC(Cc1ccc(Br)cc1)C1SCCSC1C. The largest absolute Gasteiger partial charge is 0.316 e. The minimum absolute atomic E-state index is 0.568. The van der Waals surface area contributed by atoms with Crippen LogP contribution < -0.4 is 5.32 Å². The summed E-state index contributed by atoms with van der Waals surface area (Å²) in [6.07, 6.45) is 1.12. The molecule has 1 aliphatic rings. The van der Waals surface area contributed by atoms with Crippen molar-refractivity contribution in [2.75, 3.05) is 18.6 Å². The first-order chi connectivity index (χ1) is 8.70. The monoisotopic (exact) mass is 345 g/mol. The van der Waals surface area contributed by atoms with Crippen LogP contribution in [-0.4, -0.2) is 35.1 Å². The highest BCUT2D eigenvalue weighted by atomic mass is 79.9. The topological polar surface area (TPSA) is 12.0 Å². The molecule has 0 aliphatic carbocycles. The fourth-order valence-electron chi connectivity index (χ4n) is 2.35. The van der Waals surface area contributed by atoms with E-state index in [1.807, 2.05) is 0 Å². The van der Waals surface area contributed by atoms with E-state index < -0.39 is 0 Å². The van der Waals surface area contributed by atoms with E-state index in [2.05, 4.69) is 83.0 Å². The predicted molar refractivity (Wildman–Crippen MR) is 88.9 cm³/mol. The maximum Gasteiger partial charge on any atom is 0.0320 e. The second kappa shape index (κ2) is 7.22. The van der Waals surface area contributed by atoms with Crippen LogP contribution in [0.2, 0.25) is 0 Å². The summed E-state index contributed by atoms with van der Waals surface area (Å²) in [6.45, 7) is 2.37. The maximum absolute atomic E-state index is 3.52. The zero-order chi connectivity index (χ0) is 13.0. The average Bonchev–Trinajstić information content (AvgIpc) is 2.39. The van der Waals surface area contributed by atoms with Gasteiger partial charge in [-0.2, -0.15) is 23.5 Å². The lowest BCUT2D eigenvalue weighted by molar-refractivity contribution is 0.531. The smallest absolute Gasteiger partial charge is 0.0320 e. The zero-order valence-electron chi connectivity index (χ0n) is 10.9. The van der Waals surface area contributed by atoms with Crippen molar-refractivity contribution in [3.05, 3.63) is 34.3 Å². The molecular weight excluding hydrogens is 326 g/mol. The molecular formula is C14H20BrNS2. The second-order valence-corrected chi connectivity index (χ2v) is 8.32. The highest BCUT2D eigenvalue weighted by Crippen LogP contribution is 2.33. The lowest BCUT2D eigenvalue weighted by Gasteiger charge is -2.34. The molecule has 1 N–H and O–H groups in total. The van der Waals surface area contributed by atoms with Gasteiger partial charge in [0.05, 0.1) is 0 Å². The van der Waals surface area contributed by atoms with Gasteiger partial charge in [-0.15, -0.1) is 0 Å². The van der Waals surface area contributed by atoms with Crippen LogP contribution in [0, 0.1) is 0 Å². The lowest BCUT2D eigenvalue weighted by Crippen LogP contribution is -2.44. The molecule has 0 spiro atoms. The van der Waals surface area contributed by atoms with Crippen LogP contribution in [0.25, 0.3) is 0 Å². The molecule has 0 aromatic heterocycles. The van der Waals surface area contributed by atoms with Gasteiger partial charge >= 0.3 is 0 Å². The standard InChI is InChI=1S/C14H20BrNS2/c1-10-14(18-8-7-17-10)13(16-2)9-11-3-5-12(15)6-4-11/h3-6,10,13-14,16H,7-9H2,1-2H3. The van der Waals surface area contributed by atoms with Crippen molar-refractivity contribution in [1.82, 2.24) is 5.32 Å². The van der Waals surface area contributed by atoms with E-state index in [4.69, 9.17) is 0 Å². The first-order valence-electron chi connectivity index (χ1n) is 6.35. The Morgan fingerprint density at radius 2 is 1.94 bits per heavy atom. The zero-order valence-corrected chi connectivity index (χ0v) is 14.1. The number of benzene rings is 1. The van der Waals surface area contributed by atoms with Gasteiger partial charge in [-0.3, -0.25) is 0 Å². The van der Waals surface area contributed by atoms with Gasteiger partial charge in [0.25, 0.3) is 0 Å². The molecule has 0 saturated carbocycles. The number of hydrogen-bond donors (Lipinski definition) is 1. The van der Waals surface area contributed by atoms with E-state index in [-0.39, 0.29) is 0 Å². The van der Waals surface area contributed by atoms with Gasteiger partial charge in [0.1, 0.15) is 0 Å². The van der Waals surface area contributed by atoms with Gasteiger partial charge in [0.15, 0.2) is 0 Å². The van der Waals surface area contributed by atoms with Gasteiger partial charge < -0.3 is 5.32 Å². The van der Waals surface area contributed by atoms with E-state index >= 15 is 0 Å². The summed E-state index contributed by atoms with van der Waals surface area (Å²) < 4.78 is 1.16. The van der Waals surface area contributed by atoms with E-state index in [1.165, 1.54) is 17.1 Å². The molecule has 0 amide bonds. The predicted octanol–water partition coefficient (Wildman–Crippen LogP) is 3.82. The number of thioether (sulfide) groups is 2. The van der Waals surface area contributed by atoms with Crippen molar-refractivity contribution in [1.29, 1.82) is 0 Å². The number of rotatable bonds is 4. The van der Waals surface area contributed by atoms with Crippen molar-refractivity contribution in [3.8, 4) is 0 Å². The highest BCUT2D eigenvalue weighted by Gasteiger charge is 2.29. The fourth-order valence-corrected chi connectivity index (χ4v) is 5.61. The second-order valence-electron chi connectivity index (χ2n) is 4.64. The Balaban J connectivity index is 2.02. The Bertz CT molecular complexity index is 369. The summed E-state index contributed by atoms with van der Waals surface area (Å²) >= 11 is 7.74. The van der Waals surface area contributed by atoms with Crippen molar-refractivity contribution in [2.45, 2.75) is 29.9 Å². The van der Waals surface area contributed by atoms with Crippen LogP contribution in [0.3, 0.4) is 0 Å². The first kappa shape index (κ1) is 14.8. The number of halogens is 1. The summed E-state index contributed by atoms with van der Waals surface area (Å²) in [4.78, 5) is 0. The van der Waals surface area contributed by atoms with Crippen LogP contribution in [-0.2, 0) is 6.42 Å². The average molecular weight is 346 g/mol. The summed E-state index contributed by atoms with van der Waals surface area (Å²) in [5.74, 6) is 2.59. The van der Waals surface area contributed by atoms with E-state index in [0.29, 0.717) is 6.04 Å². The normalized spacial score (nSPS) is 25.9. The van der Waals surface area contributed by atoms with E-state index in [9.17, 15) is 0 Å². The molecule has 1 nitrogen and oxygen atoms in total. The number of nitrogens with one attached hydrogen (secondary N) is 1. The summed E-state index contributed by atoms with van der Waals surface area (Å²) in [5, 5.41) is 4.99. The van der Waals surface area contributed by atoms with Crippen molar-refractivity contribution < 1.29 is 0 Å². The third-order valence-electron chi connectivity index (χ3n) is 3.37. The van der Waals surface area contributed by atoms with Gasteiger partial charge in [0.2, 0.25) is 0 Å². The Labute approximate surface area is 127 Å². The van der Waals surface area contributed by atoms with Gasteiger partial charge in [-0.05, 0) is 31.2 Å². The highest BCUT2D eigenvalue weighted by molar-refractivity contribution is 9.10. The maximum atomic E-state index is 3.52. The quantitative estimate of drug-likeness (QED) is 0.890. The van der Waals surface area contributed by atoms with Crippen molar-refractivity contribution >= 4 is 39.5 Å². The fraction of sp³-hybridized carbons (Fsp3) is 0.571. The van der Waals surface area contributed by atoms with Gasteiger partial charge in [0, 0.05) is 32.5 Å². The van der Waals surface area contributed by atoms with Crippen molar-refractivity contribution in [2.24, 2.45) is 0 Å². The molecule has 3 unspecified atom stereocenters. The molecule has 4 heteroatoms. The van der Waals surface area contributed by atoms with Crippen LogP contribution in [0.4, 0.5) is 0 Å². The third-order valence-corrected chi connectivity index (χ3v) is 7.15. The van der Waals surface area contributed by atoms with Crippen molar-refractivity contribution in [3.63, 3.8) is 0 Å². The van der Waals surface area contributed by atoms with Crippen LogP contribution in [0.1, 0.15) is 12.5 Å². The molecule has 0 radical (unpaired) electrons. The van der Waals surface area contributed by atoms with E-state index in [1.54, 1.807) is 0 Å². The van der Waals surface area contributed by atoms with Crippen LogP contribution in [0.5, 0.6) is 0 Å². The Morgan fingerprint density at radius 1 is 1.28 bits per heavy atom. The molecule has 1 aromatic rings.